The topological polar surface area (TPSA) is 92.6 Å². The lowest BCUT2D eigenvalue weighted by atomic mass is 10.1. The van der Waals surface area contributed by atoms with Crippen molar-refractivity contribution in [2.45, 2.75) is 59.2 Å². The number of benzene rings is 2. The molecule has 2 rings (SSSR count). The number of aryl methyl sites for hydroxylation is 1. The van der Waals surface area contributed by atoms with Crippen LogP contribution in [0.4, 0.5) is 5.69 Å². The maximum Gasteiger partial charge on any atom is 0.273 e. The molecule has 2 amide bonds. The fourth-order valence-electron chi connectivity index (χ4n) is 3.04. The SMILES string of the molecule is CCC(C)NC(=O)C(C)N(Cc1ccc(C)cc1)C(=O)Cc1ccccc1[N+](=O)[O-]. The molecule has 2 aromatic carbocycles. The van der Waals surface area contributed by atoms with Gasteiger partial charge in [-0.15, -0.1) is 0 Å². The molecule has 0 aliphatic rings. The lowest BCUT2D eigenvalue weighted by Crippen LogP contribution is -2.49. The van der Waals surface area contributed by atoms with Gasteiger partial charge in [0.05, 0.1) is 11.3 Å². The van der Waals surface area contributed by atoms with Crippen LogP contribution in [-0.2, 0) is 22.6 Å². The lowest BCUT2D eigenvalue weighted by molar-refractivity contribution is -0.385. The first-order valence-electron chi connectivity index (χ1n) is 10.1. The van der Waals surface area contributed by atoms with E-state index in [2.05, 4.69) is 5.32 Å². The van der Waals surface area contributed by atoms with Crippen molar-refractivity contribution >= 4 is 17.5 Å². The molecule has 0 aliphatic heterocycles. The van der Waals surface area contributed by atoms with E-state index in [0.29, 0.717) is 5.56 Å². The van der Waals surface area contributed by atoms with Crippen LogP contribution in [0.5, 0.6) is 0 Å². The molecule has 0 saturated carbocycles. The van der Waals surface area contributed by atoms with Crippen LogP contribution in [0.25, 0.3) is 0 Å². The van der Waals surface area contributed by atoms with E-state index in [1.165, 1.54) is 11.0 Å². The predicted molar refractivity (Wildman–Crippen MR) is 116 cm³/mol. The standard InChI is InChI=1S/C23H29N3O4/c1-5-17(3)24-23(28)18(4)25(15-19-12-10-16(2)11-13-19)22(27)14-20-8-6-7-9-21(20)26(29)30/h6-13,17-18H,5,14-15H2,1-4H3,(H,24,28). The summed E-state index contributed by atoms with van der Waals surface area (Å²) in [6.45, 7) is 7.78. The number of nitrogens with one attached hydrogen (secondary N) is 1. The molecular weight excluding hydrogens is 382 g/mol. The van der Waals surface area contributed by atoms with Gasteiger partial charge in [-0.25, -0.2) is 0 Å². The summed E-state index contributed by atoms with van der Waals surface area (Å²) in [5, 5.41) is 14.2. The van der Waals surface area contributed by atoms with Crippen molar-refractivity contribution in [3.05, 3.63) is 75.3 Å². The summed E-state index contributed by atoms with van der Waals surface area (Å²) in [6, 6.07) is 13.2. The lowest BCUT2D eigenvalue weighted by Gasteiger charge is -2.29. The average Bonchev–Trinajstić information content (AvgIpc) is 2.72. The van der Waals surface area contributed by atoms with E-state index in [1.807, 2.05) is 45.0 Å². The van der Waals surface area contributed by atoms with Crippen molar-refractivity contribution in [2.24, 2.45) is 0 Å². The molecule has 0 spiro atoms. The number of carbonyl (C=O) groups is 2. The van der Waals surface area contributed by atoms with E-state index >= 15 is 0 Å². The zero-order valence-corrected chi connectivity index (χ0v) is 17.9. The molecule has 7 nitrogen and oxygen atoms in total. The second-order valence-electron chi connectivity index (χ2n) is 7.56. The van der Waals surface area contributed by atoms with Crippen LogP contribution in [0, 0.1) is 17.0 Å². The molecule has 0 radical (unpaired) electrons. The molecule has 1 N–H and O–H groups in total. The molecule has 2 unspecified atom stereocenters. The molecular formula is C23H29N3O4. The Kier molecular flexibility index (Phi) is 8.09. The van der Waals surface area contributed by atoms with Crippen LogP contribution in [0.2, 0.25) is 0 Å². The molecule has 0 heterocycles. The van der Waals surface area contributed by atoms with Crippen molar-refractivity contribution in [2.75, 3.05) is 0 Å². The first kappa shape index (κ1) is 23.1. The van der Waals surface area contributed by atoms with Crippen LogP contribution in [0.3, 0.4) is 0 Å². The Morgan fingerprint density at radius 2 is 1.73 bits per heavy atom. The monoisotopic (exact) mass is 411 g/mol. The Bertz CT molecular complexity index is 896. The van der Waals surface area contributed by atoms with E-state index < -0.39 is 11.0 Å². The van der Waals surface area contributed by atoms with Crippen molar-refractivity contribution < 1.29 is 14.5 Å². The summed E-state index contributed by atoms with van der Waals surface area (Å²) in [7, 11) is 0. The summed E-state index contributed by atoms with van der Waals surface area (Å²) in [6.07, 6.45) is 0.630. The van der Waals surface area contributed by atoms with Gasteiger partial charge in [0.25, 0.3) is 5.69 Å². The molecule has 160 valence electrons. The zero-order chi connectivity index (χ0) is 22.3. The normalized spacial score (nSPS) is 12.7. The van der Waals surface area contributed by atoms with Crippen molar-refractivity contribution in [1.29, 1.82) is 0 Å². The first-order valence-corrected chi connectivity index (χ1v) is 10.1. The molecule has 30 heavy (non-hydrogen) atoms. The van der Waals surface area contributed by atoms with Gasteiger partial charge in [-0.2, -0.15) is 0 Å². The van der Waals surface area contributed by atoms with Crippen molar-refractivity contribution in [3.8, 4) is 0 Å². The number of carbonyl (C=O) groups excluding carboxylic acids is 2. The van der Waals surface area contributed by atoms with Gasteiger partial charge in [0, 0.05) is 24.2 Å². The maximum absolute atomic E-state index is 13.2. The molecule has 0 saturated heterocycles. The quantitative estimate of drug-likeness (QED) is 0.502. The summed E-state index contributed by atoms with van der Waals surface area (Å²) in [5.41, 5.74) is 2.22. The van der Waals surface area contributed by atoms with Crippen LogP contribution < -0.4 is 5.32 Å². The Labute approximate surface area is 177 Å². The van der Waals surface area contributed by atoms with Gasteiger partial charge in [-0.3, -0.25) is 19.7 Å². The van der Waals surface area contributed by atoms with E-state index in [9.17, 15) is 19.7 Å². The van der Waals surface area contributed by atoms with Gasteiger partial charge in [-0.05, 0) is 32.8 Å². The van der Waals surface area contributed by atoms with E-state index in [1.54, 1.807) is 25.1 Å². The third-order valence-electron chi connectivity index (χ3n) is 5.17. The van der Waals surface area contributed by atoms with E-state index in [4.69, 9.17) is 0 Å². The van der Waals surface area contributed by atoms with Crippen LogP contribution in [0.1, 0.15) is 43.9 Å². The van der Waals surface area contributed by atoms with Gasteiger partial charge >= 0.3 is 0 Å². The van der Waals surface area contributed by atoms with E-state index in [-0.39, 0.29) is 36.5 Å². The Morgan fingerprint density at radius 3 is 2.33 bits per heavy atom. The molecule has 7 heteroatoms. The molecule has 2 aromatic rings. The number of nitrogens with zero attached hydrogens (tertiary/aromatic N) is 2. The highest BCUT2D eigenvalue weighted by molar-refractivity contribution is 5.88. The molecule has 0 aliphatic carbocycles. The van der Waals surface area contributed by atoms with Gasteiger partial charge in [0.1, 0.15) is 6.04 Å². The molecule has 0 fully saturated rings. The number of amides is 2. The van der Waals surface area contributed by atoms with E-state index in [0.717, 1.165) is 17.5 Å². The highest BCUT2D eigenvalue weighted by Crippen LogP contribution is 2.20. The van der Waals surface area contributed by atoms with Gasteiger partial charge in [0.15, 0.2) is 0 Å². The first-order chi connectivity index (χ1) is 14.2. The summed E-state index contributed by atoms with van der Waals surface area (Å²) in [5.74, 6) is -0.580. The Morgan fingerprint density at radius 1 is 1.10 bits per heavy atom. The zero-order valence-electron chi connectivity index (χ0n) is 17.9. The summed E-state index contributed by atoms with van der Waals surface area (Å²) in [4.78, 5) is 38.2. The number of hydrogen-bond donors (Lipinski definition) is 1. The second kappa shape index (κ2) is 10.5. The maximum atomic E-state index is 13.2. The second-order valence-corrected chi connectivity index (χ2v) is 7.56. The summed E-state index contributed by atoms with van der Waals surface area (Å²) >= 11 is 0. The van der Waals surface area contributed by atoms with Crippen LogP contribution >= 0.6 is 0 Å². The summed E-state index contributed by atoms with van der Waals surface area (Å²) < 4.78 is 0. The van der Waals surface area contributed by atoms with Gasteiger partial charge in [0.2, 0.25) is 11.8 Å². The number of rotatable bonds is 9. The fraction of sp³-hybridized carbons (Fsp3) is 0.391. The Balaban J connectivity index is 2.29. The highest BCUT2D eigenvalue weighted by Gasteiger charge is 2.28. The number of nitro benzene ring substituents is 1. The third kappa shape index (κ3) is 6.14. The largest absolute Gasteiger partial charge is 0.352 e. The third-order valence-corrected chi connectivity index (χ3v) is 5.17. The van der Waals surface area contributed by atoms with Crippen LogP contribution in [-0.4, -0.2) is 33.7 Å². The minimum atomic E-state index is -0.712. The molecule has 0 bridgehead atoms. The highest BCUT2D eigenvalue weighted by atomic mass is 16.6. The van der Waals surface area contributed by atoms with Crippen LogP contribution in [0.15, 0.2) is 48.5 Å². The number of nitro groups is 1. The smallest absolute Gasteiger partial charge is 0.273 e. The average molecular weight is 412 g/mol. The van der Waals surface area contributed by atoms with Gasteiger partial charge < -0.3 is 10.2 Å². The minimum absolute atomic E-state index is 0.00788. The fourth-order valence-corrected chi connectivity index (χ4v) is 3.04. The van der Waals surface area contributed by atoms with Crippen molar-refractivity contribution in [3.63, 3.8) is 0 Å². The van der Waals surface area contributed by atoms with Gasteiger partial charge in [-0.1, -0.05) is 55.0 Å². The van der Waals surface area contributed by atoms with Crippen molar-refractivity contribution in [1.82, 2.24) is 10.2 Å². The Hall–Kier alpha value is -3.22. The molecule has 2 atom stereocenters. The molecule has 0 aromatic heterocycles. The number of para-hydroxylation sites is 1. The minimum Gasteiger partial charge on any atom is -0.352 e. The number of hydrogen-bond acceptors (Lipinski definition) is 4. The predicted octanol–water partition coefficient (Wildman–Crippen LogP) is 3.78.